The average molecular weight is 308 g/mol. The molecule has 1 saturated carbocycles. The number of aromatic nitrogens is 3. The molecule has 3 rings (SSSR count). The van der Waals surface area contributed by atoms with E-state index in [1.165, 1.54) is 10.4 Å². The number of aryl methyl sites for hydroxylation is 1. The number of rotatable bonds is 4. The molecule has 2 unspecified atom stereocenters. The second kappa shape index (κ2) is 5.14. The maximum Gasteiger partial charge on any atom is 0.224 e. The van der Waals surface area contributed by atoms with Crippen molar-refractivity contribution in [3.8, 4) is 0 Å². The van der Waals surface area contributed by atoms with Gasteiger partial charge in [-0.3, -0.25) is 9.89 Å². The molecule has 2 N–H and O–H groups in total. The van der Waals surface area contributed by atoms with Gasteiger partial charge in [0, 0.05) is 23.8 Å². The monoisotopic (exact) mass is 308 g/mol. The summed E-state index contributed by atoms with van der Waals surface area (Å²) in [4.78, 5) is 13.5. The molecule has 0 saturated heterocycles. The van der Waals surface area contributed by atoms with Gasteiger partial charge in [-0.15, -0.1) is 11.3 Å². The molecule has 2 aromatic rings. The second-order valence-corrected chi connectivity index (χ2v) is 6.47. The molecule has 20 heavy (non-hydrogen) atoms. The Morgan fingerprint density at radius 2 is 2.50 bits per heavy atom. The van der Waals surface area contributed by atoms with E-state index in [9.17, 15) is 4.79 Å². The molecule has 2 atom stereocenters. The van der Waals surface area contributed by atoms with Crippen molar-refractivity contribution in [2.75, 3.05) is 0 Å². The van der Waals surface area contributed by atoms with Gasteiger partial charge in [0.25, 0.3) is 0 Å². The van der Waals surface area contributed by atoms with Crippen LogP contribution in [0.4, 0.5) is 0 Å². The lowest BCUT2D eigenvalue weighted by molar-refractivity contribution is -0.122. The maximum absolute atomic E-state index is 12.1. The third kappa shape index (κ3) is 2.43. The zero-order valence-corrected chi connectivity index (χ0v) is 13.0. The van der Waals surface area contributed by atoms with Crippen LogP contribution in [0.2, 0.25) is 0 Å². The minimum absolute atomic E-state index is 0.108. The molecule has 0 spiro atoms. The Morgan fingerprint density at radius 1 is 1.70 bits per heavy atom. The Balaban J connectivity index is 1.58. The number of carbonyl (C=O) groups excluding carboxylic acids is 1. The Morgan fingerprint density at radius 3 is 3.10 bits per heavy atom. The van der Waals surface area contributed by atoms with Crippen molar-refractivity contribution >= 4 is 29.5 Å². The minimum Gasteiger partial charge on any atom is -0.349 e. The third-order valence-electron chi connectivity index (χ3n) is 3.76. The van der Waals surface area contributed by atoms with Gasteiger partial charge in [-0.25, -0.2) is 0 Å². The third-order valence-corrected chi connectivity index (χ3v) is 5.27. The maximum atomic E-state index is 12.1. The molecule has 0 aromatic carbocycles. The highest BCUT2D eigenvalue weighted by Gasteiger charge is 2.45. The van der Waals surface area contributed by atoms with Gasteiger partial charge in [-0.1, -0.05) is 0 Å². The number of amides is 1. The molecule has 1 aliphatic rings. The molecule has 0 radical (unpaired) electrons. The number of hydrogen-bond donors (Lipinski definition) is 2. The predicted molar refractivity (Wildman–Crippen MR) is 80.1 cm³/mol. The van der Waals surface area contributed by atoms with Gasteiger partial charge in [0.2, 0.25) is 5.91 Å². The standard InChI is InChI=1S/C13H16N4OS2/c1-7-3-4-20-11(7)8-5-9(8)12(18)14-6-10-15-16-13(19)17(10)2/h3-4,8-9H,5-6H2,1-2H3,(H,14,18)(H,16,19). The fraction of sp³-hybridized carbons (Fsp3) is 0.462. The highest BCUT2D eigenvalue weighted by atomic mass is 32.1. The summed E-state index contributed by atoms with van der Waals surface area (Å²) >= 11 is 6.78. The van der Waals surface area contributed by atoms with E-state index < -0.39 is 0 Å². The first kappa shape index (κ1) is 13.5. The van der Waals surface area contributed by atoms with Gasteiger partial charge in [0.1, 0.15) is 0 Å². The Kier molecular flexibility index (Phi) is 3.47. The molecule has 1 aliphatic carbocycles. The normalized spacial score (nSPS) is 20.9. The van der Waals surface area contributed by atoms with Gasteiger partial charge >= 0.3 is 0 Å². The lowest BCUT2D eigenvalue weighted by atomic mass is 10.2. The fourth-order valence-electron chi connectivity index (χ4n) is 2.37. The van der Waals surface area contributed by atoms with Crippen LogP contribution in [0.1, 0.15) is 28.6 Å². The summed E-state index contributed by atoms with van der Waals surface area (Å²) in [6.07, 6.45) is 0.951. The summed E-state index contributed by atoms with van der Waals surface area (Å²) in [5.41, 5.74) is 1.30. The van der Waals surface area contributed by atoms with Crippen LogP contribution in [0.25, 0.3) is 0 Å². The van der Waals surface area contributed by atoms with E-state index in [0.717, 1.165) is 12.2 Å². The molecule has 1 amide bonds. The van der Waals surface area contributed by atoms with E-state index in [0.29, 0.717) is 17.2 Å². The fourth-order valence-corrected chi connectivity index (χ4v) is 3.63. The van der Waals surface area contributed by atoms with Crippen molar-refractivity contribution in [2.45, 2.75) is 25.8 Å². The number of thiophene rings is 1. The number of carbonyl (C=O) groups is 1. The van der Waals surface area contributed by atoms with E-state index in [2.05, 4.69) is 33.9 Å². The quantitative estimate of drug-likeness (QED) is 0.852. The SMILES string of the molecule is Cc1ccsc1C1CC1C(=O)NCc1n[nH]c(=S)n1C. The van der Waals surface area contributed by atoms with Crippen molar-refractivity contribution < 1.29 is 4.79 Å². The number of H-pyrrole nitrogens is 1. The lowest BCUT2D eigenvalue weighted by Gasteiger charge is -2.04. The van der Waals surface area contributed by atoms with Crippen LogP contribution in [0.15, 0.2) is 11.4 Å². The smallest absolute Gasteiger partial charge is 0.224 e. The Labute approximate surface area is 126 Å². The first-order valence-electron chi connectivity index (χ1n) is 6.50. The van der Waals surface area contributed by atoms with Crippen molar-refractivity contribution in [3.05, 3.63) is 32.5 Å². The topological polar surface area (TPSA) is 62.7 Å². The molecule has 2 aromatic heterocycles. The molecular formula is C13H16N4OS2. The summed E-state index contributed by atoms with van der Waals surface area (Å²) in [6.45, 7) is 2.52. The van der Waals surface area contributed by atoms with Gasteiger partial charge in [0.05, 0.1) is 6.54 Å². The molecule has 0 bridgehead atoms. The van der Waals surface area contributed by atoms with Gasteiger partial charge in [-0.05, 0) is 42.6 Å². The first-order valence-corrected chi connectivity index (χ1v) is 7.78. The summed E-state index contributed by atoms with van der Waals surface area (Å²) in [7, 11) is 1.84. The van der Waals surface area contributed by atoms with E-state index in [4.69, 9.17) is 12.2 Å². The largest absolute Gasteiger partial charge is 0.349 e. The van der Waals surface area contributed by atoms with E-state index >= 15 is 0 Å². The molecule has 0 aliphatic heterocycles. The van der Waals surface area contributed by atoms with Crippen LogP contribution in [0, 0.1) is 17.6 Å². The van der Waals surface area contributed by atoms with Crippen molar-refractivity contribution in [3.63, 3.8) is 0 Å². The van der Waals surface area contributed by atoms with Crippen LogP contribution in [0.5, 0.6) is 0 Å². The van der Waals surface area contributed by atoms with Crippen LogP contribution in [-0.4, -0.2) is 20.7 Å². The number of aromatic amines is 1. The Bertz CT molecular complexity index is 699. The van der Waals surface area contributed by atoms with Crippen LogP contribution in [0.3, 0.4) is 0 Å². The molecule has 5 nitrogen and oxygen atoms in total. The number of hydrogen-bond acceptors (Lipinski definition) is 4. The molecular weight excluding hydrogens is 292 g/mol. The lowest BCUT2D eigenvalue weighted by Crippen LogP contribution is -2.26. The average Bonchev–Trinajstić information content (AvgIpc) is 3.02. The van der Waals surface area contributed by atoms with Gasteiger partial charge in [-0.2, -0.15) is 5.10 Å². The summed E-state index contributed by atoms with van der Waals surface area (Å²) in [6, 6.07) is 2.11. The van der Waals surface area contributed by atoms with Gasteiger partial charge in [0.15, 0.2) is 10.6 Å². The van der Waals surface area contributed by atoms with E-state index in [1.807, 2.05) is 7.05 Å². The van der Waals surface area contributed by atoms with E-state index in [-0.39, 0.29) is 11.8 Å². The second-order valence-electron chi connectivity index (χ2n) is 5.14. The van der Waals surface area contributed by atoms with Crippen molar-refractivity contribution in [1.82, 2.24) is 20.1 Å². The van der Waals surface area contributed by atoms with Crippen LogP contribution >= 0.6 is 23.6 Å². The van der Waals surface area contributed by atoms with E-state index in [1.54, 1.807) is 15.9 Å². The summed E-state index contributed by atoms with van der Waals surface area (Å²) < 4.78 is 2.33. The van der Waals surface area contributed by atoms with Crippen LogP contribution < -0.4 is 5.32 Å². The van der Waals surface area contributed by atoms with Crippen LogP contribution in [-0.2, 0) is 18.4 Å². The highest BCUT2D eigenvalue weighted by Crippen LogP contribution is 2.50. The number of nitrogens with zero attached hydrogens (tertiary/aromatic N) is 2. The molecule has 1 fully saturated rings. The summed E-state index contributed by atoms with van der Waals surface area (Å²) in [5, 5.41) is 11.8. The first-order chi connectivity index (χ1) is 9.58. The highest BCUT2D eigenvalue weighted by molar-refractivity contribution is 7.71. The minimum atomic E-state index is 0.108. The predicted octanol–water partition coefficient (Wildman–Crippen LogP) is 2.27. The Hall–Kier alpha value is -1.47. The molecule has 2 heterocycles. The van der Waals surface area contributed by atoms with Crippen molar-refractivity contribution in [2.24, 2.45) is 13.0 Å². The molecule has 106 valence electrons. The zero-order chi connectivity index (χ0) is 14.3. The van der Waals surface area contributed by atoms with Gasteiger partial charge < -0.3 is 9.88 Å². The zero-order valence-electron chi connectivity index (χ0n) is 11.3. The summed E-state index contributed by atoms with van der Waals surface area (Å²) in [5.74, 6) is 1.36. The molecule has 7 heteroatoms. The van der Waals surface area contributed by atoms with Crippen molar-refractivity contribution in [1.29, 1.82) is 0 Å². The number of nitrogens with one attached hydrogen (secondary N) is 2.